The lowest BCUT2D eigenvalue weighted by atomic mass is 9.90. The van der Waals surface area contributed by atoms with E-state index in [4.69, 9.17) is 16.3 Å². The van der Waals surface area contributed by atoms with Crippen molar-refractivity contribution in [2.45, 2.75) is 51.0 Å². The maximum absolute atomic E-state index is 14.9. The second-order valence-electron chi connectivity index (χ2n) is 9.46. The van der Waals surface area contributed by atoms with Gasteiger partial charge in [0.25, 0.3) is 0 Å². The minimum atomic E-state index is -0.248. The third-order valence-electron chi connectivity index (χ3n) is 6.79. The molecule has 35 heavy (non-hydrogen) atoms. The van der Waals surface area contributed by atoms with Crippen molar-refractivity contribution in [2.75, 3.05) is 30.8 Å². The molecule has 0 spiro atoms. The topological polar surface area (TPSA) is 75.2 Å². The summed E-state index contributed by atoms with van der Waals surface area (Å²) in [5.74, 6) is 1.95. The molecule has 2 aliphatic rings. The van der Waals surface area contributed by atoms with Crippen LogP contribution in [-0.2, 0) is 0 Å². The van der Waals surface area contributed by atoms with Gasteiger partial charge in [0.2, 0.25) is 5.95 Å². The van der Waals surface area contributed by atoms with Crippen molar-refractivity contribution in [1.82, 2.24) is 19.9 Å². The number of ether oxygens (including phenoxy) is 1. The number of likely N-dealkylation sites (tertiary alicyclic amines) is 1. The number of nitrogens with one attached hydrogen (secondary N) is 2. The van der Waals surface area contributed by atoms with Gasteiger partial charge in [0, 0.05) is 41.3 Å². The molecule has 1 aliphatic heterocycles. The second-order valence-corrected chi connectivity index (χ2v) is 9.87. The lowest BCUT2D eigenvalue weighted by Crippen LogP contribution is -2.29. The summed E-state index contributed by atoms with van der Waals surface area (Å²) in [7, 11) is 2.09. The van der Waals surface area contributed by atoms with Crippen LogP contribution in [0.2, 0.25) is 5.02 Å². The zero-order chi connectivity index (χ0) is 24.4. The smallest absolute Gasteiger partial charge is 0.230 e. The molecule has 1 aliphatic carbocycles. The predicted octanol–water partition coefficient (Wildman–Crippen LogP) is 6.20. The molecule has 1 saturated heterocycles. The van der Waals surface area contributed by atoms with E-state index in [-0.39, 0.29) is 17.8 Å². The van der Waals surface area contributed by atoms with Crippen molar-refractivity contribution < 1.29 is 9.13 Å². The number of pyridine rings is 1. The fraction of sp³-hybridized carbons (Fsp3) is 0.423. The number of rotatable bonds is 7. The lowest BCUT2D eigenvalue weighted by Gasteiger charge is -2.29. The van der Waals surface area contributed by atoms with Gasteiger partial charge in [-0.05, 0) is 77.2 Å². The Bertz CT molecular complexity index is 1200. The average Bonchev–Trinajstić information content (AvgIpc) is 2.81. The average molecular weight is 497 g/mol. The van der Waals surface area contributed by atoms with Gasteiger partial charge >= 0.3 is 0 Å². The van der Waals surface area contributed by atoms with Crippen LogP contribution in [0.15, 0.2) is 36.7 Å². The number of piperidine rings is 1. The molecular formula is C26H30ClFN6O. The molecule has 7 nitrogen and oxygen atoms in total. The summed E-state index contributed by atoms with van der Waals surface area (Å²) in [5.41, 5.74) is 2.35. The summed E-state index contributed by atoms with van der Waals surface area (Å²) in [4.78, 5) is 15.6. The maximum Gasteiger partial charge on any atom is 0.230 e. The fourth-order valence-electron chi connectivity index (χ4n) is 4.35. The van der Waals surface area contributed by atoms with Crippen LogP contribution in [0, 0.1) is 12.7 Å². The maximum atomic E-state index is 14.9. The van der Waals surface area contributed by atoms with Gasteiger partial charge in [-0.15, -0.1) is 0 Å². The molecule has 2 N–H and O–H groups in total. The molecule has 0 amide bonds. The summed E-state index contributed by atoms with van der Waals surface area (Å²) in [5, 5.41) is 6.93. The summed E-state index contributed by atoms with van der Waals surface area (Å²) in [6.07, 6.45) is 8.77. The molecule has 0 unspecified atom stereocenters. The van der Waals surface area contributed by atoms with E-state index >= 15 is 0 Å². The number of aryl methyl sites for hydroxylation is 1. The van der Waals surface area contributed by atoms with Crippen molar-refractivity contribution in [3.63, 3.8) is 0 Å². The van der Waals surface area contributed by atoms with Gasteiger partial charge in [0.15, 0.2) is 0 Å². The first-order valence-corrected chi connectivity index (χ1v) is 12.5. The van der Waals surface area contributed by atoms with Crippen LogP contribution in [-0.4, -0.2) is 46.1 Å². The summed E-state index contributed by atoms with van der Waals surface area (Å²) in [6.45, 7) is 3.86. The van der Waals surface area contributed by atoms with Gasteiger partial charge in [-0.1, -0.05) is 11.6 Å². The van der Waals surface area contributed by atoms with Crippen LogP contribution in [0.4, 0.5) is 27.7 Å². The van der Waals surface area contributed by atoms with Gasteiger partial charge in [0.1, 0.15) is 23.2 Å². The van der Waals surface area contributed by atoms with Gasteiger partial charge < -0.3 is 20.3 Å². The van der Waals surface area contributed by atoms with E-state index in [1.165, 1.54) is 12.5 Å². The minimum absolute atomic E-state index is 0.205. The predicted molar refractivity (Wildman–Crippen MR) is 137 cm³/mol. The standard InChI is InChI=1S/C26H30ClFN6O/c1-16-14-30-26(32-24-13-22(28)20(15-29-24)17-8-10-34(2)11-9-17)33-25(16)31-18-6-7-21(27)23(12-18)35-19-4-3-5-19/h6-7,12-15,17,19H,3-5,8-11H2,1-2H3,(H2,29,30,31,32,33). The Morgan fingerprint density at radius 2 is 1.86 bits per heavy atom. The highest BCUT2D eigenvalue weighted by molar-refractivity contribution is 6.32. The van der Waals surface area contributed by atoms with Crippen molar-refractivity contribution in [2.24, 2.45) is 0 Å². The van der Waals surface area contributed by atoms with Crippen LogP contribution in [0.25, 0.3) is 0 Å². The number of anilines is 4. The van der Waals surface area contributed by atoms with Gasteiger partial charge in [0.05, 0.1) is 11.1 Å². The van der Waals surface area contributed by atoms with Crippen molar-refractivity contribution in [3.05, 3.63) is 58.6 Å². The van der Waals surface area contributed by atoms with Gasteiger partial charge in [-0.3, -0.25) is 0 Å². The Labute approximate surface area is 210 Å². The summed E-state index contributed by atoms with van der Waals surface area (Å²) < 4.78 is 20.9. The van der Waals surface area contributed by atoms with E-state index in [2.05, 4.69) is 37.5 Å². The molecule has 0 bridgehead atoms. The molecule has 1 aromatic carbocycles. The van der Waals surface area contributed by atoms with Crippen molar-refractivity contribution in [1.29, 1.82) is 0 Å². The third kappa shape index (κ3) is 5.65. The Balaban J connectivity index is 1.29. The van der Waals surface area contributed by atoms with E-state index in [9.17, 15) is 4.39 Å². The molecule has 3 heterocycles. The molecular weight excluding hydrogens is 467 g/mol. The summed E-state index contributed by atoms with van der Waals surface area (Å²) >= 11 is 6.32. The van der Waals surface area contributed by atoms with E-state index < -0.39 is 0 Å². The Kier molecular flexibility index (Phi) is 7.02. The number of benzene rings is 1. The Morgan fingerprint density at radius 1 is 1.06 bits per heavy atom. The van der Waals surface area contributed by atoms with Crippen molar-refractivity contribution in [3.8, 4) is 5.75 Å². The molecule has 5 rings (SSSR count). The van der Waals surface area contributed by atoms with E-state index in [0.29, 0.717) is 33.9 Å². The first-order chi connectivity index (χ1) is 16.9. The SMILES string of the molecule is Cc1cnc(Nc2cc(F)c(C3CCN(C)CC3)cn2)nc1Nc1ccc(Cl)c(OC2CCC2)c1. The first kappa shape index (κ1) is 23.8. The number of nitrogens with zero attached hydrogens (tertiary/aromatic N) is 4. The minimum Gasteiger partial charge on any atom is -0.489 e. The first-order valence-electron chi connectivity index (χ1n) is 12.1. The number of hydrogen-bond donors (Lipinski definition) is 2. The van der Waals surface area contributed by atoms with Crippen LogP contribution in [0.1, 0.15) is 49.1 Å². The van der Waals surface area contributed by atoms with E-state index in [1.54, 1.807) is 12.4 Å². The monoisotopic (exact) mass is 496 g/mol. The number of aromatic nitrogens is 3. The Morgan fingerprint density at radius 3 is 2.57 bits per heavy atom. The highest BCUT2D eigenvalue weighted by atomic mass is 35.5. The van der Waals surface area contributed by atoms with Crippen LogP contribution >= 0.6 is 11.6 Å². The van der Waals surface area contributed by atoms with Gasteiger partial charge in [-0.25, -0.2) is 14.4 Å². The quantitative estimate of drug-likeness (QED) is 0.403. The van der Waals surface area contributed by atoms with E-state index in [1.807, 2.05) is 25.1 Å². The molecule has 0 radical (unpaired) electrons. The molecule has 1 saturated carbocycles. The molecule has 3 aromatic rings. The zero-order valence-corrected chi connectivity index (χ0v) is 20.8. The number of hydrogen-bond acceptors (Lipinski definition) is 7. The fourth-order valence-corrected chi connectivity index (χ4v) is 4.51. The normalized spacial score (nSPS) is 17.1. The molecule has 9 heteroatoms. The van der Waals surface area contributed by atoms with Crippen molar-refractivity contribution >= 4 is 34.9 Å². The van der Waals surface area contributed by atoms with Crippen LogP contribution in [0.5, 0.6) is 5.75 Å². The highest BCUT2D eigenvalue weighted by Gasteiger charge is 2.22. The second kappa shape index (κ2) is 10.3. The molecule has 184 valence electrons. The number of halogens is 2. The zero-order valence-electron chi connectivity index (χ0n) is 20.0. The molecule has 2 aromatic heterocycles. The van der Waals surface area contributed by atoms with Crippen LogP contribution in [0.3, 0.4) is 0 Å². The highest BCUT2D eigenvalue weighted by Crippen LogP contribution is 2.34. The molecule has 0 atom stereocenters. The molecule has 2 fully saturated rings. The van der Waals surface area contributed by atoms with Gasteiger partial charge in [-0.2, -0.15) is 4.98 Å². The summed E-state index contributed by atoms with van der Waals surface area (Å²) in [6, 6.07) is 7.00. The Hall–Kier alpha value is -2.97. The van der Waals surface area contributed by atoms with E-state index in [0.717, 1.165) is 50.0 Å². The lowest BCUT2D eigenvalue weighted by molar-refractivity contribution is 0.120. The third-order valence-corrected chi connectivity index (χ3v) is 7.10. The largest absolute Gasteiger partial charge is 0.489 e. The van der Waals surface area contributed by atoms with Crippen LogP contribution < -0.4 is 15.4 Å².